The van der Waals surface area contributed by atoms with Crippen LogP contribution in [0.15, 0.2) is 4.99 Å². The predicted octanol–water partition coefficient (Wildman–Crippen LogP) is 0.224. The Morgan fingerprint density at radius 1 is 1.33 bits per heavy atom. The lowest BCUT2D eigenvalue weighted by Gasteiger charge is -2.30. The van der Waals surface area contributed by atoms with Crippen molar-refractivity contribution in [3.05, 3.63) is 0 Å². The average Bonchev–Trinajstić information content (AvgIpc) is 2.97. The molecule has 140 valence electrons. The molecule has 0 aromatic heterocycles. The highest BCUT2D eigenvalue weighted by Crippen LogP contribution is 2.16. The second kappa shape index (κ2) is 11.1. The number of carbonyl (C=O) groups is 1. The van der Waals surface area contributed by atoms with Gasteiger partial charge in [0, 0.05) is 32.7 Å². The topological polar surface area (TPSA) is 94.2 Å². The molecule has 0 radical (unpaired) electrons. The molecule has 0 spiro atoms. The lowest BCUT2D eigenvalue weighted by molar-refractivity contribution is -0.123. The van der Waals surface area contributed by atoms with Crippen LogP contribution in [-0.2, 0) is 4.79 Å². The van der Waals surface area contributed by atoms with Crippen molar-refractivity contribution in [3.8, 4) is 0 Å². The van der Waals surface area contributed by atoms with Crippen molar-refractivity contribution in [2.24, 2.45) is 16.6 Å². The normalized spacial score (nSPS) is 25.4. The van der Waals surface area contributed by atoms with E-state index in [1.807, 2.05) is 0 Å². The summed E-state index contributed by atoms with van der Waals surface area (Å²) in [6.07, 6.45) is 3.51. The first kappa shape index (κ1) is 21.4. The zero-order chi connectivity index (χ0) is 16.7. The Morgan fingerprint density at radius 2 is 2.12 bits per heavy atom. The highest BCUT2D eigenvalue weighted by molar-refractivity contribution is 14.0. The molecular weight excluding hydrogens is 421 g/mol. The predicted molar refractivity (Wildman–Crippen MR) is 107 cm³/mol. The molecule has 24 heavy (non-hydrogen) atoms. The van der Waals surface area contributed by atoms with Gasteiger partial charge < -0.3 is 26.0 Å². The second-order valence-electron chi connectivity index (χ2n) is 6.52. The van der Waals surface area contributed by atoms with Gasteiger partial charge in [-0.25, -0.2) is 0 Å². The van der Waals surface area contributed by atoms with Gasteiger partial charge in [-0.2, -0.15) is 0 Å². The van der Waals surface area contributed by atoms with E-state index in [-0.39, 0.29) is 41.9 Å². The SMILES string of the molecule is CCNC(=NCCCN1CCCC(C(N)=O)C1)N1CC[C@@H](O)C1.I. The highest BCUT2D eigenvalue weighted by atomic mass is 127. The lowest BCUT2D eigenvalue weighted by atomic mass is 9.97. The summed E-state index contributed by atoms with van der Waals surface area (Å²) in [5.74, 6) is 0.739. The van der Waals surface area contributed by atoms with E-state index in [9.17, 15) is 9.90 Å². The Hall–Kier alpha value is -0.610. The number of halogens is 1. The summed E-state index contributed by atoms with van der Waals surface area (Å²) in [6, 6.07) is 0. The number of hydrogen-bond donors (Lipinski definition) is 3. The summed E-state index contributed by atoms with van der Waals surface area (Å²) in [5.41, 5.74) is 5.42. The minimum atomic E-state index is -0.238. The van der Waals surface area contributed by atoms with Gasteiger partial charge in [-0.05, 0) is 45.7 Å². The van der Waals surface area contributed by atoms with Crippen molar-refractivity contribution in [2.75, 3.05) is 45.8 Å². The maximum Gasteiger partial charge on any atom is 0.221 e. The molecule has 0 aromatic rings. The van der Waals surface area contributed by atoms with Gasteiger partial charge in [0.25, 0.3) is 0 Å². The number of primary amides is 1. The van der Waals surface area contributed by atoms with Gasteiger partial charge in [0.15, 0.2) is 5.96 Å². The Bertz CT molecular complexity index is 421. The van der Waals surface area contributed by atoms with Crippen molar-refractivity contribution >= 4 is 35.8 Å². The first-order chi connectivity index (χ1) is 11.1. The molecule has 2 aliphatic rings. The zero-order valence-corrected chi connectivity index (χ0v) is 16.9. The molecule has 0 bridgehead atoms. The number of guanidine groups is 1. The van der Waals surface area contributed by atoms with Crippen molar-refractivity contribution in [2.45, 2.75) is 38.7 Å². The fourth-order valence-corrected chi connectivity index (χ4v) is 3.33. The van der Waals surface area contributed by atoms with Gasteiger partial charge >= 0.3 is 0 Å². The number of aliphatic hydroxyl groups is 1. The van der Waals surface area contributed by atoms with E-state index in [4.69, 9.17) is 5.73 Å². The number of carbonyl (C=O) groups excluding carboxylic acids is 1. The van der Waals surface area contributed by atoms with E-state index >= 15 is 0 Å². The van der Waals surface area contributed by atoms with Gasteiger partial charge in [-0.1, -0.05) is 0 Å². The summed E-state index contributed by atoms with van der Waals surface area (Å²) >= 11 is 0. The Kier molecular flexibility index (Phi) is 9.91. The van der Waals surface area contributed by atoms with Crippen LogP contribution in [-0.4, -0.2) is 78.7 Å². The molecule has 0 saturated carbocycles. The first-order valence-corrected chi connectivity index (χ1v) is 8.83. The monoisotopic (exact) mass is 453 g/mol. The Labute approximate surface area is 162 Å². The molecule has 2 saturated heterocycles. The minimum absolute atomic E-state index is 0. The highest BCUT2D eigenvalue weighted by Gasteiger charge is 2.24. The number of aliphatic hydroxyl groups excluding tert-OH is 1. The van der Waals surface area contributed by atoms with E-state index in [2.05, 4.69) is 27.0 Å². The quantitative estimate of drug-likeness (QED) is 0.232. The zero-order valence-electron chi connectivity index (χ0n) is 14.6. The summed E-state index contributed by atoms with van der Waals surface area (Å²) in [7, 11) is 0. The molecule has 2 fully saturated rings. The summed E-state index contributed by atoms with van der Waals surface area (Å²) in [4.78, 5) is 20.4. The van der Waals surface area contributed by atoms with Gasteiger partial charge in [-0.3, -0.25) is 9.79 Å². The third-order valence-electron chi connectivity index (χ3n) is 4.60. The third-order valence-corrected chi connectivity index (χ3v) is 4.60. The number of β-amino-alcohol motifs (C(OH)–C–C–N with tert-alkyl or cyclic N) is 1. The number of nitrogens with zero attached hydrogens (tertiary/aromatic N) is 3. The Balaban J connectivity index is 0.00000288. The van der Waals surface area contributed by atoms with Crippen LogP contribution < -0.4 is 11.1 Å². The van der Waals surface area contributed by atoms with Crippen LogP contribution in [0.2, 0.25) is 0 Å². The molecule has 0 aromatic carbocycles. The molecule has 4 N–H and O–H groups in total. The molecule has 2 heterocycles. The number of piperidine rings is 1. The fourth-order valence-electron chi connectivity index (χ4n) is 3.33. The summed E-state index contributed by atoms with van der Waals surface area (Å²) in [6.45, 7) is 7.96. The Morgan fingerprint density at radius 3 is 2.75 bits per heavy atom. The second-order valence-corrected chi connectivity index (χ2v) is 6.52. The summed E-state index contributed by atoms with van der Waals surface area (Å²) in [5, 5.41) is 13.0. The number of nitrogens with two attached hydrogens (primary N) is 1. The van der Waals surface area contributed by atoms with Crippen LogP contribution >= 0.6 is 24.0 Å². The van der Waals surface area contributed by atoms with E-state index in [1.54, 1.807) is 0 Å². The molecule has 8 heteroatoms. The third kappa shape index (κ3) is 6.72. The van der Waals surface area contributed by atoms with Crippen molar-refractivity contribution < 1.29 is 9.90 Å². The van der Waals surface area contributed by atoms with Crippen molar-refractivity contribution in [3.63, 3.8) is 0 Å². The molecule has 2 aliphatic heterocycles. The standard InChI is InChI=1S/C16H31N5O2.HI/c1-2-18-16(21-10-6-14(22)12-21)19-7-4-9-20-8-3-5-13(11-20)15(17)23;/h13-14,22H,2-12H2,1H3,(H2,17,23)(H,18,19);1H/t13?,14-;/m1./s1. The summed E-state index contributed by atoms with van der Waals surface area (Å²) < 4.78 is 0. The number of rotatable bonds is 6. The molecule has 2 atom stereocenters. The van der Waals surface area contributed by atoms with Crippen LogP contribution in [0, 0.1) is 5.92 Å². The van der Waals surface area contributed by atoms with Crippen molar-refractivity contribution in [1.82, 2.24) is 15.1 Å². The maximum atomic E-state index is 11.3. The van der Waals surface area contributed by atoms with Gasteiger partial charge in [0.1, 0.15) is 0 Å². The molecule has 0 aliphatic carbocycles. The first-order valence-electron chi connectivity index (χ1n) is 8.83. The van der Waals surface area contributed by atoms with Crippen LogP contribution in [0.1, 0.15) is 32.6 Å². The van der Waals surface area contributed by atoms with Crippen LogP contribution in [0.25, 0.3) is 0 Å². The van der Waals surface area contributed by atoms with Crippen molar-refractivity contribution in [1.29, 1.82) is 0 Å². The van der Waals surface area contributed by atoms with Crippen LogP contribution in [0.5, 0.6) is 0 Å². The molecule has 7 nitrogen and oxygen atoms in total. The van der Waals surface area contributed by atoms with Crippen LogP contribution in [0.3, 0.4) is 0 Å². The van der Waals surface area contributed by atoms with E-state index in [0.29, 0.717) is 6.54 Å². The average molecular weight is 453 g/mol. The van der Waals surface area contributed by atoms with Crippen LogP contribution in [0.4, 0.5) is 0 Å². The molecular formula is C16H32IN5O2. The smallest absolute Gasteiger partial charge is 0.221 e. The van der Waals surface area contributed by atoms with Gasteiger partial charge in [0.05, 0.1) is 12.0 Å². The van der Waals surface area contributed by atoms with Gasteiger partial charge in [0.2, 0.25) is 5.91 Å². The van der Waals surface area contributed by atoms with E-state index < -0.39 is 0 Å². The number of hydrogen-bond acceptors (Lipinski definition) is 4. The largest absolute Gasteiger partial charge is 0.391 e. The number of likely N-dealkylation sites (tertiary alicyclic amines) is 2. The number of nitrogens with one attached hydrogen (secondary N) is 1. The van der Waals surface area contributed by atoms with E-state index in [1.165, 1.54) is 0 Å². The number of aliphatic imine (C=N–C) groups is 1. The molecule has 1 amide bonds. The molecule has 2 rings (SSSR count). The lowest BCUT2D eigenvalue weighted by Crippen LogP contribution is -2.42. The maximum absolute atomic E-state index is 11.3. The fraction of sp³-hybridized carbons (Fsp3) is 0.875. The van der Waals surface area contributed by atoms with Gasteiger partial charge in [-0.15, -0.1) is 24.0 Å². The van der Waals surface area contributed by atoms with E-state index in [0.717, 1.165) is 70.9 Å². The molecule has 1 unspecified atom stereocenters. The minimum Gasteiger partial charge on any atom is -0.391 e. The number of amides is 1.